The number of thiol groups is 1. The molecule has 150 valence electrons. The first kappa shape index (κ1) is 23.1. The largest absolute Gasteiger partial charge is 0.508 e. The molecule has 10 heteroatoms. The molecule has 3 unspecified atom stereocenters. The third-order valence-corrected chi connectivity index (χ3v) is 4.81. The van der Waals surface area contributed by atoms with Crippen LogP contribution in [0.15, 0.2) is 24.3 Å². The number of benzene rings is 1. The monoisotopic (exact) mass is 415 g/mol. The fourth-order valence-electron chi connectivity index (χ4n) is 2.20. The van der Waals surface area contributed by atoms with Crippen molar-refractivity contribution in [2.45, 2.75) is 31.0 Å². The summed E-state index contributed by atoms with van der Waals surface area (Å²) in [7, 11) is 0. The van der Waals surface area contributed by atoms with Crippen LogP contribution < -0.4 is 16.4 Å². The predicted molar refractivity (Wildman–Crippen MR) is 108 cm³/mol. The van der Waals surface area contributed by atoms with E-state index in [4.69, 9.17) is 5.73 Å². The molecule has 1 rings (SSSR count). The Kier molecular flexibility index (Phi) is 10.0. The van der Waals surface area contributed by atoms with Gasteiger partial charge in [-0.25, -0.2) is 4.79 Å². The second kappa shape index (κ2) is 11.7. The third-order valence-electron chi connectivity index (χ3n) is 3.77. The van der Waals surface area contributed by atoms with E-state index in [9.17, 15) is 24.6 Å². The van der Waals surface area contributed by atoms with Crippen molar-refractivity contribution in [2.24, 2.45) is 5.73 Å². The van der Waals surface area contributed by atoms with E-state index in [0.29, 0.717) is 11.3 Å². The second-order valence-electron chi connectivity index (χ2n) is 5.90. The average Bonchev–Trinajstić information content (AvgIpc) is 2.64. The van der Waals surface area contributed by atoms with Crippen molar-refractivity contribution >= 4 is 42.2 Å². The quantitative estimate of drug-likeness (QED) is 0.279. The van der Waals surface area contributed by atoms with Crippen LogP contribution in [0.1, 0.15) is 12.0 Å². The molecule has 0 aliphatic carbocycles. The molecule has 1 aromatic carbocycles. The van der Waals surface area contributed by atoms with Gasteiger partial charge in [0, 0.05) is 12.2 Å². The first-order valence-electron chi connectivity index (χ1n) is 8.25. The van der Waals surface area contributed by atoms with Gasteiger partial charge in [0.05, 0.1) is 6.04 Å². The fraction of sp³-hybridized carbons (Fsp3) is 0.471. The highest BCUT2D eigenvalue weighted by Gasteiger charge is 2.27. The van der Waals surface area contributed by atoms with Crippen molar-refractivity contribution in [3.05, 3.63) is 29.8 Å². The summed E-state index contributed by atoms with van der Waals surface area (Å²) in [4.78, 5) is 36.1. The number of carboxylic acids is 1. The van der Waals surface area contributed by atoms with Crippen molar-refractivity contribution in [2.75, 3.05) is 17.8 Å². The number of phenolic OH excluding ortho intramolecular Hbond substituents is 1. The average molecular weight is 416 g/mol. The zero-order valence-corrected chi connectivity index (χ0v) is 16.6. The highest BCUT2D eigenvalue weighted by Crippen LogP contribution is 2.12. The molecule has 0 spiro atoms. The summed E-state index contributed by atoms with van der Waals surface area (Å²) in [6.45, 7) is 0. The molecule has 0 aliphatic rings. The van der Waals surface area contributed by atoms with Crippen molar-refractivity contribution < 1.29 is 24.6 Å². The number of aromatic hydroxyl groups is 1. The number of nitrogens with one attached hydrogen (secondary N) is 2. The number of hydrogen-bond donors (Lipinski definition) is 6. The van der Waals surface area contributed by atoms with E-state index >= 15 is 0 Å². The Labute approximate surface area is 167 Å². The lowest BCUT2D eigenvalue weighted by Gasteiger charge is -2.22. The normalized spacial score (nSPS) is 14.0. The summed E-state index contributed by atoms with van der Waals surface area (Å²) in [6.07, 6.45) is 2.22. The van der Waals surface area contributed by atoms with Crippen molar-refractivity contribution in [1.82, 2.24) is 10.6 Å². The number of carbonyl (C=O) groups is 3. The first-order chi connectivity index (χ1) is 12.8. The van der Waals surface area contributed by atoms with E-state index in [1.807, 2.05) is 6.26 Å². The van der Waals surface area contributed by atoms with E-state index < -0.39 is 35.9 Å². The van der Waals surface area contributed by atoms with Gasteiger partial charge in [0.2, 0.25) is 11.8 Å². The number of carbonyl (C=O) groups excluding carboxylic acids is 2. The Morgan fingerprint density at radius 2 is 1.74 bits per heavy atom. The lowest BCUT2D eigenvalue weighted by molar-refractivity contribution is -0.142. The molecule has 1 aromatic rings. The van der Waals surface area contributed by atoms with Crippen LogP contribution in [0.25, 0.3) is 0 Å². The maximum Gasteiger partial charge on any atom is 0.326 e. The van der Waals surface area contributed by atoms with Crippen LogP contribution in [0.5, 0.6) is 5.75 Å². The van der Waals surface area contributed by atoms with Gasteiger partial charge in [0.25, 0.3) is 0 Å². The summed E-state index contributed by atoms with van der Waals surface area (Å²) in [5.74, 6) is -1.57. The van der Waals surface area contributed by atoms with Gasteiger partial charge in [-0.1, -0.05) is 12.1 Å². The van der Waals surface area contributed by atoms with Gasteiger partial charge in [-0.15, -0.1) is 0 Å². The molecule has 27 heavy (non-hydrogen) atoms. The summed E-state index contributed by atoms with van der Waals surface area (Å²) in [5, 5.41) is 23.7. The highest BCUT2D eigenvalue weighted by molar-refractivity contribution is 7.98. The van der Waals surface area contributed by atoms with Gasteiger partial charge in [0.15, 0.2) is 0 Å². The minimum atomic E-state index is -1.14. The van der Waals surface area contributed by atoms with E-state index in [2.05, 4.69) is 23.3 Å². The third kappa shape index (κ3) is 8.10. The van der Waals surface area contributed by atoms with Gasteiger partial charge >= 0.3 is 5.97 Å². The topological polar surface area (TPSA) is 142 Å². The highest BCUT2D eigenvalue weighted by atomic mass is 32.2. The fourth-order valence-corrected chi connectivity index (χ4v) is 2.84. The molecular formula is C17H25N3O5S2. The Bertz CT molecular complexity index is 642. The minimum Gasteiger partial charge on any atom is -0.508 e. The molecule has 0 saturated heterocycles. The molecule has 0 aromatic heterocycles. The van der Waals surface area contributed by atoms with E-state index in [0.717, 1.165) is 0 Å². The standard InChI is InChI=1S/C17H25N3O5S2/c1-27-7-6-13(17(24)25)19-16(23)14(20-15(22)12(18)9-26)8-10-2-4-11(21)5-3-10/h2-5,12-14,21,26H,6-9,18H2,1H3,(H,19,23)(H,20,22)(H,24,25). The number of hydrogen-bond acceptors (Lipinski definition) is 7. The van der Waals surface area contributed by atoms with Gasteiger partial charge in [-0.2, -0.15) is 24.4 Å². The minimum absolute atomic E-state index is 0.0730. The Hall–Kier alpha value is -1.91. The van der Waals surface area contributed by atoms with Crippen LogP contribution in [0.2, 0.25) is 0 Å². The molecule has 0 aliphatic heterocycles. The number of phenols is 1. The Balaban J connectivity index is 2.92. The van der Waals surface area contributed by atoms with Crippen LogP contribution in [0.4, 0.5) is 0 Å². The maximum atomic E-state index is 12.6. The van der Waals surface area contributed by atoms with E-state index in [1.165, 1.54) is 23.9 Å². The van der Waals surface area contributed by atoms with Crippen LogP contribution >= 0.6 is 24.4 Å². The number of aliphatic carboxylic acids is 1. The predicted octanol–water partition coefficient (Wildman–Crippen LogP) is -0.000900. The molecule has 3 atom stereocenters. The van der Waals surface area contributed by atoms with Gasteiger partial charge < -0.3 is 26.6 Å². The summed E-state index contributed by atoms with van der Waals surface area (Å²) < 4.78 is 0. The van der Waals surface area contributed by atoms with Crippen LogP contribution in [0, 0.1) is 0 Å². The zero-order valence-electron chi connectivity index (χ0n) is 14.9. The maximum absolute atomic E-state index is 12.6. The first-order valence-corrected chi connectivity index (χ1v) is 10.3. The number of carboxylic acid groups (broad SMARTS) is 1. The molecule has 0 bridgehead atoms. The summed E-state index contributed by atoms with van der Waals surface area (Å²) in [5.41, 5.74) is 6.33. The molecule has 0 radical (unpaired) electrons. The van der Waals surface area contributed by atoms with Crippen molar-refractivity contribution in [3.63, 3.8) is 0 Å². The van der Waals surface area contributed by atoms with E-state index in [-0.39, 0.29) is 24.3 Å². The van der Waals surface area contributed by atoms with E-state index in [1.54, 1.807) is 12.1 Å². The smallest absolute Gasteiger partial charge is 0.326 e. The zero-order chi connectivity index (χ0) is 20.4. The summed E-state index contributed by atoms with van der Waals surface area (Å²) in [6, 6.07) is 3.20. The lowest BCUT2D eigenvalue weighted by atomic mass is 10.0. The lowest BCUT2D eigenvalue weighted by Crippen LogP contribution is -2.55. The molecule has 0 fully saturated rings. The van der Waals surface area contributed by atoms with Gasteiger partial charge in [0.1, 0.15) is 17.8 Å². The van der Waals surface area contributed by atoms with Crippen LogP contribution in [0.3, 0.4) is 0 Å². The van der Waals surface area contributed by atoms with Crippen LogP contribution in [-0.2, 0) is 20.8 Å². The van der Waals surface area contributed by atoms with Crippen molar-refractivity contribution in [1.29, 1.82) is 0 Å². The molecule has 6 N–H and O–H groups in total. The van der Waals surface area contributed by atoms with Gasteiger partial charge in [-0.3, -0.25) is 9.59 Å². The Morgan fingerprint density at radius 1 is 1.15 bits per heavy atom. The number of nitrogens with two attached hydrogens (primary N) is 1. The number of thioether (sulfide) groups is 1. The number of rotatable bonds is 11. The molecule has 0 heterocycles. The second-order valence-corrected chi connectivity index (χ2v) is 7.25. The molecule has 8 nitrogen and oxygen atoms in total. The number of amides is 2. The summed E-state index contributed by atoms with van der Waals surface area (Å²) >= 11 is 5.44. The SMILES string of the molecule is CSCCC(NC(=O)C(Cc1ccc(O)cc1)NC(=O)C(N)CS)C(=O)O. The molecule has 2 amide bonds. The Morgan fingerprint density at radius 3 is 2.26 bits per heavy atom. The molecule has 0 saturated carbocycles. The molecular weight excluding hydrogens is 390 g/mol. The van der Waals surface area contributed by atoms with Crippen molar-refractivity contribution in [3.8, 4) is 5.75 Å². The van der Waals surface area contributed by atoms with Gasteiger partial charge in [-0.05, 0) is 36.1 Å². The van der Waals surface area contributed by atoms with Crippen LogP contribution in [-0.4, -0.2) is 63.9 Å².